The van der Waals surface area contributed by atoms with Crippen LogP contribution in [0.5, 0.6) is 0 Å². The lowest BCUT2D eigenvalue weighted by atomic mass is 10.3. The van der Waals surface area contributed by atoms with Gasteiger partial charge in [-0.2, -0.15) is 0 Å². The molecular weight excluding hydrogens is 328 g/mol. The first-order valence-electron chi connectivity index (χ1n) is 8.11. The van der Waals surface area contributed by atoms with Gasteiger partial charge in [0.25, 0.3) is 5.91 Å². The van der Waals surface area contributed by atoms with Gasteiger partial charge in [-0.3, -0.25) is 9.59 Å². The molecule has 24 heavy (non-hydrogen) atoms. The molecule has 7 heteroatoms. The third-order valence-corrected chi connectivity index (χ3v) is 4.67. The van der Waals surface area contributed by atoms with Crippen molar-refractivity contribution in [2.24, 2.45) is 5.92 Å². The van der Waals surface area contributed by atoms with Crippen LogP contribution in [0.15, 0.2) is 28.2 Å². The average Bonchev–Trinajstić information content (AvgIpc) is 3.05. The van der Waals surface area contributed by atoms with Gasteiger partial charge in [-0.05, 0) is 37.8 Å². The van der Waals surface area contributed by atoms with E-state index in [4.69, 9.17) is 9.15 Å². The Morgan fingerprint density at radius 3 is 2.96 bits per heavy atom. The zero-order valence-electron chi connectivity index (χ0n) is 13.6. The van der Waals surface area contributed by atoms with Gasteiger partial charge in [0.2, 0.25) is 0 Å². The van der Waals surface area contributed by atoms with Gasteiger partial charge in [0.1, 0.15) is 5.69 Å². The Balaban J connectivity index is 1.67. The van der Waals surface area contributed by atoms with E-state index in [1.54, 1.807) is 29.5 Å². The molecule has 0 radical (unpaired) electrons. The zero-order chi connectivity index (χ0) is 16.9. The van der Waals surface area contributed by atoms with Crippen LogP contribution in [0.4, 0.5) is 0 Å². The monoisotopic (exact) mass is 348 g/mol. The largest absolute Gasteiger partial charge is 0.466 e. The van der Waals surface area contributed by atoms with Crippen LogP contribution in [-0.2, 0) is 9.53 Å². The summed E-state index contributed by atoms with van der Waals surface area (Å²) in [6.45, 7) is 3.16. The third-order valence-electron chi connectivity index (χ3n) is 3.81. The van der Waals surface area contributed by atoms with E-state index in [-0.39, 0.29) is 18.3 Å². The predicted molar refractivity (Wildman–Crippen MR) is 89.7 cm³/mol. The first-order chi connectivity index (χ1) is 11.7. The molecule has 1 aliphatic carbocycles. The number of thiazole rings is 1. The highest BCUT2D eigenvalue weighted by atomic mass is 32.1. The van der Waals surface area contributed by atoms with Crippen LogP contribution in [0.2, 0.25) is 0 Å². The molecule has 0 unspecified atom stereocenters. The van der Waals surface area contributed by atoms with Crippen molar-refractivity contribution in [3.05, 3.63) is 29.5 Å². The van der Waals surface area contributed by atoms with E-state index < -0.39 is 0 Å². The van der Waals surface area contributed by atoms with Gasteiger partial charge in [-0.25, -0.2) is 4.98 Å². The third kappa shape index (κ3) is 4.23. The second-order valence-corrected chi connectivity index (χ2v) is 6.62. The van der Waals surface area contributed by atoms with Crippen molar-refractivity contribution in [2.75, 3.05) is 19.7 Å². The lowest BCUT2D eigenvalue weighted by Gasteiger charge is -2.21. The minimum Gasteiger partial charge on any atom is -0.466 e. The van der Waals surface area contributed by atoms with E-state index in [1.165, 1.54) is 11.3 Å². The minimum absolute atomic E-state index is 0.139. The van der Waals surface area contributed by atoms with Crippen molar-refractivity contribution in [2.45, 2.75) is 26.2 Å². The van der Waals surface area contributed by atoms with Crippen LogP contribution in [0.1, 0.15) is 36.7 Å². The van der Waals surface area contributed by atoms with Gasteiger partial charge in [0.15, 0.2) is 10.8 Å². The molecule has 128 valence electrons. The lowest BCUT2D eigenvalue weighted by Crippen LogP contribution is -2.35. The first kappa shape index (κ1) is 16.7. The highest BCUT2D eigenvalue weighted by Crippen LogP contribution is 2.31. The zero-order valence-corrected chi connectivity index (χ0v) is 14.4. The van der Waals surface area contributed by atoms with Crippen molar-refractivity contribution in [1.29, 1.82) is 0 Å². The summed E-state index contributed by atoms with van der Waals surface area (Å²) in [5.74, 6) is 0.777. The summed E-state index contributed by atoms with van der Waals surface area (Å²) in [5.41, 5.74) is 0.399. The molecule has 1 aliphatic rings. The van der Waals surface area contributed by atoms with Crippen LogP contribution in [0, 0.1) is 5.92 Å². The van der Waals surface area contributed by atoms with Crippen LogP contribution >= 0.6 is 11.3 Å². The molecule has 2 aromatic heterocycles. The molecule has 1 fully saturated rings. The fraction of sp³-hybridized carbons (Fsp3) is 0.471. The van der Waals surface area contributed by atoms with E-state index in [1.807, 2.05) is 6.07 Å². The number of amides is 1. The van der Waals surface area contributed by atoms with Crippen molar-refractivity contribution in [3.63, 3.8) is 0 Å². The minimum atomic E-state index is -0.277. The van der Waals surface area contributed by atoms with Crippen LogP contribution in [0.25, 0.3) is 10.8 Å². The number of esters is 1. The maximum Gasteiger partial charge on any atom is 0.307 e. The first-order valence-corrected chi connectivity index (χ1v) is 8.99. The Bertz CT molecular complexity index is 691. The Kier molecular flexibility index (Phi) is 5.30. The fourth-order valence-corrected chi connectivity index (χ4v) is 3.15. The second-order valence-electron chi connectivity index (χ2n) is 5.76. The number of hydrogen-bond acceptors (Lipinski definition) is 6. The average molecular weight is 348 g/mol. The van der Waals surface area contributed by atoms with Gasteiger partial charge in [0, 0.05) is 18.5 Å². The number of nitrogens with zero attached hydrogens (tertiary/aromatic N) is 2. The summed E-state index contributed by atoms with van der Waals surface area (Å²) < 4.78 is 10.3. The highest BCUT2D eigenvalue weighted by Gasteiger charge is 2.28. The molecule has 3 rings (SSSR count). The van der Waals surface area contributed by atoms with E-state index in [2.05, 4.69) is 4.98 Å². The van der Waals surface area contributed by atoms with Crippen molar-refractivity contribution < 1.29 is 18.7 Å². The van der Waals surface area contributed by atoms with Crippen molar-refractivity contribution >= 4 is 23.2 Å². The van der Waals surface area contributed by atoms with Gasteiger partial charge in [-0.15, -0.1) is 11.3 Å². The number of furan rings is 1. The molecule has 0 aliphatic heterocycles. The van der Waals surface area contributed by atoms with Gasteiger partial charge in [0.05, 0.1) is 19.3 Å². The number of ether oxygens (including phenoxy) is 1. The standard InChI is InChI=1S/C17H20N2O4S/c1-2-22-15(20)7-8-19(10-12-5-6-12)17(21)13-11-24-16(18-13)14-4-3-9-23-14/h3-4,9,11-12H,2,5-8,10H2,1H3. The number of carbonyl (C=O) groups excluding carboxylic acids is 2. The lowest BCUT2D eigenvalue weighted by molar-refractivity contribution is -0.143. The molecule has 6 nitrogen and oxygen atoms in total. The van der Waals surface area contributed by atoms with E-state index in [0.717, 1.165) is 12.8 Å². The van der Waals surface area contributed by atoms with Gasteiger partial charge in [-0.1, -0.05) is 0 Å². The molecule has 0 atom stereocenters. The molecule has 1 amide bonds. The summed E-state index contributed by atoms with van der Waals surface area (Å²) in [5, 5.41) is 2.42. The SMILES string of the molecule is CCOC(=O)CCN(CC1CC1)C(=O)c1csc(-c2ccco2)n1. The summed E-state index contributed by atoms with van der Waals surface area (Å²) in [6, 6.07) is 3.60. The topological polar surface area (TPSA) is 72.6 Å². The number of carbonyl (C=O) groups is 2. The molecular formula is C17H20N2O4S. The Morgan fingerprint density at radius 2 is 2.29 bits per heavy atom. The molecule has 2 heterocycles. The molecule has 0 aromatic carbocycles. The second kappa shape index (κ2) is 7.61. The Labute approximate surface area is 144 Å². The molecule has 0 saturated heterocycles. The van der Waals surface area contributed by atoms with Gasteiger partial charge >= 0.3 is 5.97 Å². The Morgan fingerprint density at radius 1 is 1.46 bits per heavy atom. The fourth-order valence-electron chi connectivity index (χ4n) is 2.39. The smallest absolute Gasteiger partial charge is 0.307 e. The predicted octanol–water partition coefficient (Wildman–Crippen LogP) is 3.21. The molecule has 1 saturated carbocycles. The van der Waals surface area contributed by atoms with Crippen LogP contribution < -0.4 is 0 Å². The maximum atomic E-state index is 12.7. The summed E-state index contributed by atoms with van der Waals surface area (Å²) in [6.07, 6.45) is 4.06. The highest BCUT2D eigenvalue weighted by molar-refractivity contribution is 7.13. The van der Waals surface area contributed by atoms with Gasteiger partial charge < -0.3 is 14.1 Å². The molecule has 0 bridgehead atoms. The van der Waals surface area contributed by atoms with Crippen LogP contribution in [0.3, 0.4) is 0 Å². The Hall–Kier alpha value is -2.15. The van der Waals surface area contributed by atoms with Crippen LogP contribution in [-0.4, -0.2) is 41.5 Å². The summed E-state index contributed by atoms with van der Waals surface area (Å²) in [4.78, 5) is 30.4. The summed E-state index contributed by atoms with van der Waals surface area (Å²) >= 11 is 1.38. The molecule has 0 spiro atoms. The number of rotatable bonds is 8. The van der Waals surface area contributed by atoms with E-state index in [9.17, 15) is 9.59 Å². The summed E-state index contributed by atoms with van der Waals surface area (Å²) in [7, 11) is 0. The van der Waals surface area contributed by atoms with Crippen molar-refractivity contribution in [1.82, 2.24) is 9.88 Å². The van der Waals surface area contributed by atoms with E-state index in [0.29, 0.717) is 42.1 Å². The molecule has 2 aromatic rings. The number of hydrogen-bond donors (Lipinski definition) is 0. The normalized spacial score (nSPS) is 13.7. The maximum absolute atomic E-state index is 12.7. The van der Waals surface area contributed by atoms with E-state index >= 15 is 0 Å². The molecule has 0 N–H and O–H groups in total. The number of aromatic nitrogens is 1. The quantitative estimate of drug-likeness (QED) is 0.685. The van der Waals surface area contributed by atoms with Crippen molar-refractivity contribution in [3.8, 4) is 10.8 Å².